The summed E-state index contributed by atoms with van der Waals surface area (Å²) in [5.74, 6) is -0.264. The van der Waals surface area contributed by atoms with Crippen LogP contribution in [0.15, 0.2) is 6.07 Å². The number of benzene rings is 1. The van der Waals surface area contributed by atoms with Crippen molar-refractivity contribution in [3.63, 3.8) is 0 Å². The minimum atomic E-state index is -2.02. The first kappa shape index (κ1) is 16.3. The molecule has 0 atom stereocenters. The van der Waals surface area contributed by atoms with Gasteiger partial charge in [0.25, 0.3) is 5.69 Å². The molecule has 0 spiro atoms. The summed E-state index contributed by atoms with van der Waals surface area (Å²) in [6, 6.07) is 3.65. The number of aromatic hydroxyl groups is 1. The normalized spacial score (nSPS) is 11.6. The van der Waals surface area contributed by atoms with Crippen LogP contribution in [0.4, 0.5) is 5.69 Å². The van der Waals surface area contributed by atoms with Gasteiger partial charge in [-0.2, -0.15) is 0 Å². The lowest BCUT2D eigenvalue weighted by molar-refractivity contribution is -0.384. The molecular weight excluding hydrogens is 305 g/mol. The van der Waals surface area contributed by atoms with Gasteiger partial charge in [0.1, 0.15) is 10.8 Å². The standard InChI is InChI=1S/C12H17Cl2NO3Si/c1-4-19(5-2,6-3)12-10(13)8(15(17)18)7-9(16)11(12)14/h7,16H,4-6H2,1-3H3. The largest absolute Gasteiger partial charge is 0.506 e. The van der Waals surface area contributed by atoms with E-state index in [0.717, 1.165) is 24.2 Å². The minimum Gasteiger partial charge on any atom is -0.506 e. The molecule has 0 aliphatic rings. The van der Waals surface area contributed by atoms with E-state index >= 15 is 0 Å². The summed E-state index contributed by atoms with van der Waals surface area (Å²) in [7, 11) is -2.02. The van der Waals surface area contributed by atoms with Crippen LogP contribution in [0.25, 0.3) is 0 Å². The maximum atomic E-state index is 11.0. The first-order valence-corrected chi connectivity index (χ1v) is 9.58. The Kier molecular flexibility index (Phi) is 5.23. The second-order valence-corrected chi connectivity index (χ2v) is 10.5. The van der Waals surface area contributed by atoms with Gasteiger partial charge in [-0.05, 0) is 5.19 Å². The Morgan fingerprint density at radius 1 is 1.21 bits per heavy atom. The predicted molar refractivity (Wildman–Crippen MR) is 81.6 cm³/mol. The molecule has 7 heteroatoms. The van der Waals surface area contributed by atoms with E-state index in [1.54, 1.807) is 0 Å². The van der Waals surface area contributed by atoms with Crippen LogP contribution < -0.4 is 5.19 Å². The average molecular weight is 322 g/mol. The molecule has 19 heavy (non-hydrogen) atoms. The second-order valence-electron chi connectivity index (χ2n) is 4.52. The van der Waals surface area contributed by atoms with Crippen molar-refractivity contribution in [2.24, 2.45) is 0 Å². The molecule has 0 aliphatic carbocycles. The molecule has 0 unspecified atom stereocenters. The molecule has 0 aliphatic heterocycles. The number of hydrogen-bond donors (Lipinski definition) is 1. The fourth-order valence-electron chi connectivity index (χ4n) is 2.49. The van der Waals surface area contributed by atoms with Gasteiger partial charge in [-0.15, -0.1) is 0 Å². The molecule has 1 rings (SSSR count). The molecular formula is C12H17Cl2NO3Si. The third-order valence-electron chi connectivity index (χ3n) is 3.92. The number of nitrogens with zero attached hydrogens (tertiary/aromatic N) is 1. The summed E-state index contributed by atoms with van der Waals surface area (Å²) in [6.45, 7) is 6.13. The molecule has 1 aromatic carbocycles. The summed E-state index contributed by atoms with van der Waals surface area (Å²) >= 11 is 12.4. The highest BCUT2D eigenvalue weighted by Gasteiger charge is 2.37. The van der Waals surface area contributed by atoms with E-state index in [2.05, 4.69) is 0 Å². The van der Waals surface area contributed by atoms with E-state index in [-0.39, 0.29) is 21.5 Å². The predicted octanol–water partition coefficient (Wildman–Crippen LogP) is 4.32. The van der Waals surface area contributed by atoms with Crippen molar-refractivity contribution < 1.29 is 10.0 Å². The monoisotopic (exact) mass is 321 g/mol. The Balaban J connectivity index is 3.71. The lowest BCUT2D eigenvalue weighted by Crippen LogP contribution is -2.47. The highest BCUT2D eigenvalue weighted by Crippen LogP contribution is 2.37. The molecule has 0 radical (unpaired) electrons. The summed E-state index contributed by atoms with van der Waals surface area (Å²) < 4.78 is 0. The Labute approximate surface area is 123 Å². The lowest BCUT2D eigenvalue weighted by Gasteiger charge is -2.30. The molecule has 0 aromatic heterocycles. The average Bonchev–Trinajstić information content (AvgIpc) is 2.39. The molecule has 0 bridgehead atoms. The van der Waals surface area contributed by atoms with E-state index in [1.807, 2.05) is 20.8 Å². The second kappa shape index (κ2) is 6.11. The first-order valence-electron chi connectivity index (χ1n) is 6.20. The van der Waals surface area contributed by atoms with Gasteiger partial charge in [-0.1, -0.05) is 62.1 Å². The van der Waals surface area contributed by atoms with Crippen molar-refractivity contribution in [2.45, 2.75) is 38.9 Å². The Morgan fingerprint density at radius 2 is 1.68 bits per heavy atom. The van der Waals surface area contributed by atoms with Crippen molar-refractivity contribution >= 4 is 42.1 Å². The van der Waals surface area contributed by atoms with Gasteiger partial charge in [-0.3, -0.25) is 10.1 Å². The first-order chi connectivity index (χ1) is 8.84. The number of phenols is 1. The van der Waals surface area contributed by atoms with Gasteiger partial charge in [-0.25, -0.2) is 0 Å². The molecule has 4 nitrogen and oxygen atoms in total. The zero-order chi connectivity index (χ0) is 14.8. The van der Waals surface area contributed by atoms with Crippen molar-refractivity contribution in [1.82, 2.24) is 0 Å². The van der Waals surface area contributed by atoms with Crippen LogP contribution in [0.3, 0.4) is 0 Å². The maximum absolute atomic E-state index is 11.0. The van der Waals surface area contributed by atoms with Crippen LogP contribution in [0, 0.1) is 10.1 Å². The number of hydrogen-bond acceptors (Lipinski definition) is 3. The van der Waals surface area contributed by atoms with Crippen LogP contribution in [-0.2, 0) is 0 Å². The molecule has 0 saturated heterocycles. The van der Waals surface area contributed by atoms with Crippen LogP contribution in [0.2, 0.25) is 28.2 Å². The van der Waals surface area contributed by atoms with Crippen molar-refractivity contribution in [3.8, 4) is 5.75 Å². The van der Waals surface area contributed by atoms with E-state index in [0.29, 0.717) is 5.19 Å². The minimum absolute atomic E-state index is 0.0880. The SMILES string of the molecule is CC[Si](CC)(CC)c1c(Cl)c(O)cc([N+](=O)[O-])c1Cl. The Hall–Kier alpha value is -0.783. The Bertz CT molecular complexity index is 496. The van der Waals surface area contributed by atoms with Crippen LogP contribution in [0.5, 0.6) is 5.75 Å². The third-order valence-corrected chi connectivity index (χ3v) is 10.6. The molecule has 106 valence electrons. The summed E-state index contributed by atoms with van der Waals surface area (Å²) in [5.41, 5.74) is -0.272. The topological polar surface area (TPSA) is 63.4 Å². The molecule has 0 saturated carbocycles. The van der Waals surface area contributed by atoms with E-state index < -0.39 is 13.0 Å². The summed E-state index contributed by atoms with van der Waals surface area (Å²) in [4.78, 5) is 10.4. The number of halogens is 2. The summed E-state index contributed by atoms with van der Waals surface area (Å²) in [6.07, 6.45) is 0. The molecule has 0 heterocycles. The summed E-state index contributed by atoms with van der Waals surface area (Å²) in [5, 5.41) is 21.7. The van der Waals surface area contributed by atoms with Crippen molar-refractivity contribution in [1.29, 1.82) is 0 Å². The third kappa shape index (κ3) is 2.73. The molecule has 0 amide bonds. The highest BCUT2D eigenvalue weighted by atomic mass is 35.5. The number of nitro benzene ring substituents is 1. The van der Waals surface area contributed by atoms with E-state index in [4.69, 9.17) is 23.2 Å². The van der Waals surface area contributed by atoms with Crippen LogP contribution >= 0.6 is 23.2 Å². The zero-order valence-corrected chi connectivity index (χ0v) is 13.7. The van der Waals surface area contributed by atoms with Crippen LogP contribution in [0.1, 0.15) is 20.8 Å². The maximum Gasteiger partial charge on any atom is 0.291 e. The number of nitro groups is 1. The fourth-order valence-corrected chi connectivity index (χ4v) is 7.85. The quantitative estimate of drug-likeness (QED) is 0.499. The Morgan fingerprint density at radius 3 is 2.05 bits per heavy atom. The fraction of sp³-hybridized carbons (Fsp3) is 0.500. The zero-order valence-electron chi connectivity index (χ0n) is 11.2. The van der Waals surface area contributed by atoms with Gasteiger partial charge in [0.15, 0.2) is 0 Å². The highest BCUT2D eigenvalue weighted by molar-refractivity contribution is 6.94. The van der Waals surface area contributed by atoms with Gasteiger partial charge < -0.3 is 5.11 Å². The smallest absolute Gasteiger partial charge is 0.291 e. The van der Waals surface area contributed by atoms with Crippen molar-refractivity contribution in [2.75, 3.05) is 0 Å². The molecule has 1 aromatic rings. The molecule has 0 fully saturated rings. The van der Waals surface area contributed by atoms with Gasteiger partial charge in [0.2, 0.25) is 0 Å². The van der Waals surface area contributed by atoms with Crippen molar-refractivity contribution in [3.05, 3.63) is 26.2 Å². The van der Waals surface area contributed by atoms with Gasteiger partial charge in [0, 0.05) is 0 Å². The number of rotatable bonds is 5. The van der Waals surface area contributed by atoms with Crippen LogP contribution in [-0.4, -0.2) is 18.1 Å². The van der Waals surface area contributed by atoms with Gasteiger partial charge >= 0.3 is 0 Å². The lowest BCUT2D eigenvalue weighted by atomic mass is 10.3. The molecule has 1 N–H and O–H groups in total. The van der Waals surface area contributed by atoms with E-state index in [9.17, 15) is 15.2 Å². The van der Waals surface area contributed by atoms with E-state index in [1.165, 1.54) is 0 Å². The number of phenolic OH excluding ortho intramolecular Hbond substituents is 1. The van der Waals surface area contributed by atoms with Gasteiger partial charge in [0.05, 0.1) is 24.1 Å².